The van der Waals surface area contributed by atoms with Crippen LogP contribution in [0.2, 0.25) is 0 Å². The minimum atomic E-state index is 0.505. The Morgan fingerprint density at radius 1 is 1.26 bits per heavy atom. The molecule has 3 rings (SSSR count). The van der Waals surface area contributed by atoms with Crippen LogP contribution >= 0.6 is 11.3 Å². The van der Waals surface area contributed by atoms with Crippen LogP contribution in [0.3, 0.4) is 0 Å². The highest BCUT2D eigenvalue weighted by Gasteiger charge is 2.10. The Kier molecular flexibility index (Phi) is 3.04. The highest BCUT2D eigenvalue weighted by Crippen LogP contribution is 2.16. The van der Waals surface area contributed by atoms with E-state index in [0.717, 1.165) is 11.3 Å². The van der Waals surface area contributed by atoms with Crippen LogP contribution in [-0.2, 0) is 6.42 Å². The van der Waals surface area contributed by atoms with Crippen molar-refractivity contribution in [2.24, 2.45) is 0 Å². The lowest BCUT2D eigenvalue weighted by atomic mass is 10.1. The summed E-state index contributed by atoms with van der Waals surface area (Å²) in [4.78, 5) is 8.42. The first-order valence-corrected chi connectivity index (χ1v) is 6.49. The second kappa shape index (κ2) is 5.00. The lowest BCUT2D eigenvalue weighted by Crippen LogP contribution is -1.89. The van der Waals surface area contributed by atoms with Gasteiger partial charge in [0.1, 0.15) is 5.69 Å². The van der Waals surface area contributed by atoms with Crippen LogP contribution < -0.4 is 0 Å². The second-order valence-electron chi connectivity index (χ2n) is 3.87. The summed E-state index contributed by atoms with van der Waals surface area (Å²) in [6, 6.07) is 9.38. The highest BCUT2D eigenvalue weighted by molar-refractivity contribution is 7.07. The van der Waals surface area contributed by atoms with Crippen LogP contribution in [0.1, 0.15) is 17.0 Å². The van der Waals surface area contributed by atoms with Gasteiger partial charge in [-0.25, -0.2) is 4.98 Å². The average Bonchev–Trinajstić information content (AvgIpc) is 3.10. The van der Waals surface area contributed by atoms with Crippen molar-refractivity contribution in [3.05, 3.63) is 52.2 Å². The number of rotatable bonds is 3. The summed E-state index contributed by atoms with van der Waals surface area (Å²) in [5.74, 6) is 1.04. The summed E-state index contributed by atoms with van der Waals surface area (Å²) in [5, 5.41) is 14.5. The number of hydrogen-bond donors (Lipinski definition) is 0. The quantitative estimate of drug-likeness (QED) is 0.730. The standard InChI is InChI=1S/C13H8N4OS/c14-6-10-3-1-9(2-4-10)5-12-16-13(17-18-12)11-7-19-8-15-11/h1-4,7-8H,5H2. The molecule has 0 saturated heterocycles. The molecule has 2 aromatic heterocycles. The molecule has 92 valence electrons. The predicted molar refractivity (Wildman–Crippen MR) is 69.4 cm³/mol. The van der Waals surface area contributed by atoms with Crippen molar-refractivity contribution in [1.29, 1.82) is 5.26 Å². The molecule has 0 spiro atoms. The number of aromatic nitrogens is 3. The lowest BCUT2D eigenvalue weighted by molar-refractivity contribution is 0.385. The molecule has 19 heavy (non-hydrogen) atoms. The number of nitrogens with zero attached hydrogens (tertiary/aromatic N) is 4. The van der Waals surface area contributed by atoms with E-state index in [0.29, 0.717) is 23.7 Å². The largest absolute Gasteiger partial charge is 0.339 e. The topological polar surface area (TPSA) is 75.6 Å². The summed E-state index contributed by atoms with van der Waals surface area (Å²) >= 11 is 1.49. The van der Waals surface area contributed by atoms with E-state index in [9.17, 15) is 0 Å². The maximum Gasteiger partial charge on any atom is 0.231 e. The van der Waals surface area contributed by atoms with Gasteiger partial charge in [0.15, 0.2) is 0 Å². The molecular weight excluding hydrogens is 260 g/mol. The van der Waals surface area contributed by atoms with Crippen LogP contribution in [0.15, 0.2) is 39.7 Å². The molecule has 5 nitrogen and oxygen atoms in total. The summed E-state index contributed by atoms with van der Waals surface area (Å²) in [6.07, 6.45) is 0.544. The van der Waals surface area contributed by atoms with Crippen molar-refractivity contribution in [2.75, 3.05) is 0 Å². The fourth-order valence-electron chi connectivity index (χ4n) is 1.63. The summed E-state index contributed by atoms with van der Waals surface area (Å²) in [6.45, 7) is 0. The molecule has 0 fully saturated rings. The zero-order valence-corrected chi connectivity index (χ0v) is 10.6. The third-order valence-corrected chi connectivity index (χ3v) is 3.15. The van der Waals surface area contributed by atoms with Crippen molar-refractivity contribution in [2.45, 2.75) is 6.42 Å². The van der Waals surface area contributed by atoms with Gasteiger partial charge in [-0.15, -0.1) is 11.3 Å². The SMILES string of the molecule is N#Cc1ccc(Cc2nc(-c3cscn3)no2)cc1. The molecule has 0 radical (unpaired) electrons. The first-order chi connectivity index (χ1) is 9.35. The summed E-state index contributed by atoms with van der Waals surface area (Å²) in [7, 11) is 0. The molecule has 0 bridgehead atoms. The van der Waals surface area contributed by atoms with E-state index in [2.05, 4.69) is 21.2 Å². The molecule has 0 amide bonds. The fraction of sp³-hybridized carbons (Fsp3) is 0.0769. The number of thiazole rings is 1. The molecular formula is C13H8N4OS. The minimum absolute atomic E-state index is 0.505. The third-order valence-electron chi connectivity index (χ3n) is 2.57. The molecule has 0 unspecified atom stereocenters. The molecule has 1 aromatic carbocycles. The van der Waals surface area contributed by atoms with Gasteiger partial charge >= 0.3 is 0 Å². The van der Waals surface area contributed by atoms with E-state index in [1.54, 1.807) is 17.6 Å². The molecule has 0 aliphatic rings. The molecule has 0 aliphatic heterocycles. The zero-order valence-electron chi connectivity index (χ0n) is 9.78. The van der Waals surface area contributed by atoms with Gasteiger partial charge in [0.25, 0.3) is 0 Å². The first-order valence-electron chi connectivity index (χ1n) is 5.55. The van der Waals surface area contributed by atoms with Crippen molar-refractivity contribution < 1.29 is 4.52 Å². The fourth-order valence-corrected chi connectivity index (χ4v) is 2.16. The number of hydrogen-bond acceptors (Lipinski definition) is 6. The van der Waals surface area contributed by atoms with E-state index < -0.39 is 0 Å². The minimum Gasteiger partial charge on any atom is -0.339 e. The Bertz CT molecular complexity index is 710. The first kappa shape index (κ1) is 11.6. The molecule has 0 aliphatic carbocycles. The van der Waals surface area contributed by atoms with Crippen LogP contribution in [0.5, 0.6) is 0 Å². The lowest BCUT2D eigenvalue weighted by Gasteiger charge is -1.95. The van der Waals surface area contributed by atoms with Crippen LogP contribution in [-0.4, -0.2) is 15.1 Å². The van der Waals surface area contributed by atoms with Crippen LogP contribution in [0, 0.1) is 11.3 Å². The van der Waals surface area contributed by atoms with Crippen LogP contribution in [0.4, 0.5) is 0 Å². The number of benzene rings is 1. The summed E-state index contributed by atoms with van der Waals surface area (Å²) in [5.41, 5.74) is 4.11. The summed E-state index contributed by atoms with van der Waals surface area (Å²) < 4.78 is 5.19. The Labute approximate surface area is 113 Å². The molecule has 6 heteroatoms. The molecule has 3 aromatic rings. The van der Waals surface area contributed by atoms with Gasteiger partial charge < -0.3 is 4.52 Å². The van der Waals surface area contributed by atoms with Gasteiger partial charge in [-0.1, -0.05) is 17.3 Å². The van der Waals surface area contributed by atoms with Gasteiger partial charge in [-0.3, -0.25) is 0 Å². The van der Waals surface area contributed by atoms with Gasteiger partial charge in [0, 0.05) is 5.38 Å². The van der Waals surface area contributed by atoms with Gasteiger partial charge in [-0.2, -0.15) is 10.2 Å². The van der Waals surface area contributed by atoms with Crippen molar-refractivity contribution >= 4 is 11.3 Å². The molecule has 0 saturated carbocycles. The van der Waals surface area contributed by atoms with Crippen LogP contribution in [0.25, 0.3) is 11.5 Å². The van der Waals surface area contributed by atoms with Gasteiger partial charge in [-0.05, 0) is 17.7 Å². The zero-order chi connectivity index (χ0) is 13.1. The highest BCUT2D eigenvalue weighted by atomic mass is 32.1. The average molecular weight is 268 g/mol. The smallest absolute Gasteiger partial charge is 0.231 e. The third kappa shape index (κ3) is 2.51. The molecule has 0 atom stereocenters. The Hall–Kier alpha value is -2.52. The predicted octanol–water partition coefficient (Wildman–Crippen LogP) is 2.66. The van der Waals surface area contributed by atoms with E-state index in [4.69, 9.17) is 9.78 Å². The van der Waals surface area contributed by atoms with Crippen molar-refractivity contribution in [3.8, 4) is 17.6 Å². The molecule has 0 N–H and O–H groups in total. The van der Waals surface area contributed by atoms with E-state index >= 15 is 0 Å². The van der Waals surface area contributed by atoms with Gasteiger partial charge in [0.2, 0.25) is 11.7 Å². The van der Waals surface area contributed by atoms with Crippen molar-refractivity contribution in [3.63, 3.8) is 0 Å². The van der Waals surface area contributed by atoms with E-state index in [1.165, 1.54) is 11.3 Å². The Balaban J connectivity index is 1.78. The molecule has 2 heterocycles. The van der Waals surface area contributed by atoms with E-state index in [-0.39, 0.29) is 0 Å². The van der Waals surface area contributed by atoms with E-state index in [1.807, 2.05) is 17.5 Å². The van der Waals surface area contributed by atoms with Crippen molar-refractivity contribution in [1.82, 2.24) is 15.1 Å². The normalized spacial score (nSPS) is 10.3. The monoisotopic (exact) mass is 268 g/mol. The number of nitriles is 1. The van der Waals surface area contributed by atoms with Gasteiger partial charge in [0.05, 0.1) is 23.6 Å². The maximum atomic E-state index is 8.73. The second-order valence-corrected chi connectivity index (χ2v) is 4.59. The Morgan fingerprint density at radius 2 is 2.11 bits per heavy atom. The maximum absolute atomic E-state index is 8.73. The Morgan fingerprint density at radius 3 is 2.79 bits per heavy atom.